The summed E-state index contributed by atoms with van der Waals surface area (Å²) in [5.74, 6) is -0.833. The molecule has 0 aromatic carbocycles. The van der Waals surface area contributed by atoms with E-state index in [1.807, 2.05) is 0 Å². The Balaban J connectivity index is -0.0000000720. The Bertz CT molecular complexity index is 49.0. The Morgan fingerprint density at radius 3 is 1.44 bits per heavy atom. The Kier molecular flexibility index (Phi) is 29.1. The first kappa shape index (κ1) is 16.4. The number of rotatable bonds is 1. The summed E-state index contributed by atoms with van der Waals surface area (Å²) in [6.45, 7) is 5.44. The van der Waals surface area contributed by atoms with Crippen LogP contribution in [0.2, 0.25) is 0 Å². The molecule has 0 atom stereocenters. The number of hydrogen-bond acceptors (Lipinski definition) is 1. The van der Waals surface area contributed by atoms with Crippen molar-refractivity contribution >= 4 is 5.97 Å². The second kappa shape index (κ2) is 15.9. The van der Waals surface area contributed by atoms with E-state index < -0.39 is 5.97 Å². The van der Waals surface area contributed by atoms with Crippen LogP contribution in [0.1, 0.15) is 33.6 Å². The summed E-state index contributed by atoms with van der Waals surface area (Å²) in [5.41, 5.74) is 0. The van der Waals surface area contributed by atoms with Crippen LogP contribution in [-0.2, 0) is 4.79 Å². The zero-order chi connectivity index (χ0) is 6.99. The molecule has 0 amide bonds. The van der Waals surface area contributed by atoms with Crippen LogP contribution in [-0.4, -0.2) is 11.1 Å². The number of aliphatic carboxylic acids is 1. The van der Waals surface area contributed by atoms with Crippen LogP contribution < -0.4 is 0 Å². The summed E-state index contributed by atoms with van der Waals surface area (Å²) in [6.07, 6.45) is 2.64. The molecule has 0 aliphatic rings. The summed E-state index contributed by atoms with van der Waals surface area (Å²) < 4.78 is 0. The summed E-state index contributed by atoms with van der Waals surface area (Å²) in [5, 5.41) is 7.42. The van der Waals surface area contributed by atoms with Crippen molar-refractivity contribution in [2.45, 2.75) is 33.6 Å². The van der Waals surface area contributed by atoms with E-state index in [1.165, 1.54) is 12.8 Å². The fourth-order valence-corrected chi connectivity index (χ4v) is 0. The van der Waals surface area contributed by atoms with Gasteiger partial charge >= 0.3 is 0 Å². The molecule has 3 heteroatoms. The van der Waals surface area contributed by atoms with Gasteiger partial charge in [-0.15, -0.1) is 0 Å². The standard InChI is InChI=1S/C4H10.C2H4O2.Nd/c1-3-4-2;1-2(3)4;/h3-4H2,1-2H3;1H3,(H,3,4);. The molecule has 0 unspecified atom stereocenters. The minimum atomic E-state index is -0.833. The Hall–Kier alpha value is 0.821. The van der Waals surface area contributed by atoms with E-state index in [1.54, 1.807) is 0 Å². The molecular weight excluding hydrogens is 248 g/mol. The van der Waals surface area contributed by atoms with Gasteiger partial charge in [0.1, 0.15) is 0 Å². The van der Waals surface area contributed by atoms with Gasteiger partial charge < -0.3 is 5.11 Å². The molecule has 0 rings (SSSR count). The normalized spacial score (nSPS) is 6.11. The smallest absolute Gasteiger partial charge is 0.300 e. The van der Waals surface area contributed by atoms with Crippen LogP contribution in [0.15, 0.2) is 0 Å². The van der Waals surface area contributed by atoms with Crippen LogP contribution in [0.3, 0.4) is 0 Å². The molecule has 0 spiro atoms. The predicted molar refractivity (Wildman–Crippen MR) is 33.9 cm³/mol. The first-order chi connectivity index (χ1) is 3.65. The molecule has 2 nitrogen and oxygen atoms in total. The van der Waals surface area contributed by atoms with E-state index in [-0.39, 0.29) is 40.8 Å². The summed E-state index contributed by atoms with van der Waals surface area (Å²) >= 11 is 0. The van der Waals surface area contributed by atoms with Crippen molar-refractivity contribution in [1.29, 1.82) is 0 Å². The van der Waals surface area contributed by atoms with Crippen LogP contribution >= 0.6 is 0 Å². The molecule has 0 radical (unpaired) electrons. The van der Waals surface area contributed by atoms with Gasteiger partial charge in [-0.25, -0.2) is 0 Å². The van der Waals surface area contributed by atoms with Crippen molar-refractivity contribution in [2.75, 3.05) is 0 Å². The van der Waals surface area contributed by atoms with Crippen molar-refractivity contribution in [1.82, 2.24) is 0 Å². The molecule has 0 bridgehead atoms. The largest absolute Gasteiger partial charge is 0.481 e. The van der Waals surface area contributed by atoms with E-state index in [4.69, 9.17) is 9.90 Å². The van der Waals surface area contributed by atoms with Crippen molar-refractivity contribution in [3.05, 3.63) is 0 Å². The molecule has 54 valence electrons. The molecule has 0 fully saturated rings. The monoisotopic (exact) mass is 260 g/mol. The van der Waals surface area contributed by atoms with Gasteiger partial charge in [-0.05, 0) is 0 Å². The Morgan fingerprint density at radius 2 is 1.44 bits per heavy atom. The third-order valence-electron chi connectivity index (χ3n) is 0.500. The maximum Gasteiger partial charge on any atom is 0.300 e. The van der Waals surface area contributed by atoms with Gasteiger partial charge in [-0.2, -0.15) is 0 Å². The zero-order valence-corrected chi connectivity index (χ0v) is 9.48. The molecular formula is C6H14NdO2. The van der Waals surface area contributed by atoms with Gasteiger partial charge in [0.15, 0.2) is 0 Å². The third kappa shape index (κ3) is 124. The summed E-state index contributed by atoms with van der Waals surface area (Å²) in [4.78, 5) is 9.00. The van der Waals surface area contributed by atoms with E-state index >= 15 is 0 Å². The second-order valence-electron chi connectivity index (χ2n) is 1.52. The van der Waals surface area contributed by atoms with E-state index in [2.05, 4.69) is 13.8 Å². The van der Waals surface area contributed by atoms with Crippen LogP contribution in [0.5, 0.6) is 0 Å². The molecule has 0 saturated heterocycles. The fourth-order valence-electron chi connectivity index (χ4n) is 0. The van der Waals surface area contributed by atoms with Gasteiger partial charge in [0.25, 0.3) is 5.97 Å². The molecule has 0 aliphatic carbocycles. The average molecular weight is 262 g/mol. The van der Waals surface area contributed by atoms with Gasteiger partial charge in [0.05, 0.1) is 0 Å². The van der Waals surface area contributed by atoms with E-state index in [9.17, 15) is 0 Å². The second-order valence-corrected chi connectivity index (χ2v) is 1.52. The Labute approximate surface area is 89.6 Å². The van der Waals surface area contributed by atoms with Crippen molar-refractivity contribution in [3.63, 3.8) is 0 Å². The molecule has 0 aliphatic heterocycles. The predicted octanol–water partition coefficient (Wildman–Crippen LogP) is 1.90. The molecule has 0 saturated carbocycles. The van der Waals surface area contributed by atoms with Crippen LogP contribution in [0.25, 0.3) is 0 Å². The molecule has 0 aromatic heterocycles. The SMILES string of the molecule is CC(=O)O.CCCC.[Nd]. The number of carboxylic acid groups (broad SMARTS) is 1. The first-order valence-corrected chi connectivity index (χ1v) is 2.84. The molecule has 0 heterocycles. The van der Waals surface area contributed by atoms with Gasteiger partial charge in [-0.3, -0.25) is 4.79 Å². The van der Waals surface area contributed by atoms with Crippen molar-refractivity contribution < 1.29 is 50.7 Å². The van der Waals surface area contributed by atoms with Gasteiger partial charge in [0, 0.05) is 47.8 Å². The number of unbranched alkanes of at least 4 members (excludes halogenated alkanes) is 1. The van der Waals surface area contributed by atoms with Crippen molar-refractivity contribution in [2.24, 2.45) is 0 Å². The zero-order valence-electron chi connectivity index (χ0n) is 6.27. The molecule has 1 N–H and O–H groups in total. The first-order valence-electron chi connectivity index (χ1n) is 2.84. The van der Waals surface area contributed by atoms with Crippen LogP contribution in [0.4, 0.5) is 0 Å². The Morgan fingerprint density at radius 1 is 1.33 bits per heavy atom. The number of carboxylic acids is 1. The minimum Gasteiger partial charge on any atom is -0.481 e. The minimum absolute atomic E-state index is 0. The van der Waals surface area contributed by atoms with E-state index in [0.29, 0.717) is 0 Å². The van der Waals surface area contributed by atoms with Crippen LogP contribution in [0, 0.1) is 40.8 Å². The molecule has 9 heavy (non-hydrogen) atoms. The van der Waals surface area contributed by atoms with Gasteiger partial charge in [0.2, 0.25) is 0 Å². The van der Waals surface area contributed by atoms with Crippen molar-refractivity contribution in [3.8, 4) is 0 Å². The summed E-state index contributed by atoms with van der Waals surface area (Å²) in [6, 6.07) is 0. The fraction of sp³-hybridized carbons (Fsp3) is 0.833. The number of hydrogen-bond donors (Lipinski definition) is 1. The molecule has 0 aromatic rings. The third-order valence-corrected chi connectivity index (χ3v) is 0.500. The van der Waals surface area contributed by atoms with E-state index in [0.717, 1.165) is 6.92 Å². The average Bonchev–Trinajstić information content (AvgIpc) is 1.65. The topological polar surface area (TPSA) is 37.3 Å². The quantitative estimate of drug-likeness (QED) is 0.783. The maximum absolute atomic E-state index is 9.00. The number of carbonyl (C=O) groups is 1. The maximum atomic E-state index is 9.00. The summed E-state index contributed by atoms with van der Waals surface area (Å²) in [7, 11) is 0. The van der Waals surface area contributed by atoms with Gasteiger partial charge in [-0.1, -0.05) is 26.7 Å².